The first-order valence-electron chi connectivity index (χ1n) is 10.5. The molecule has 0 aliphatic carbocycles. The summed E-state index contributed by atoms with van der Waals surface area (Å²) in [6.45, 7) is 10.2. The Morgan fingerprint density at radius 1 is 1.06 bits per heavy atom. The predicted molar refractivity (Wildman–Crippen MR) is 125 cm³/mol. The van der Waals surface area contributed by atoms with Gasteiger partial charge in [0, 0.05) is 5.56 Å². The van der Waals surface area contributed by atoms with E-state index in [2.05, 4.69) is 11.0 Å². The lowest BCUT2D eigenvalue weighted by Crippen LogP contribution is -2.26. The highest BCUT2D eigenvalue weighted by atomic mass is 32.2. The molecule has 0 radical (unpaired) electrons. The molecule has 0 amide bonds. The largest absolute Gasteiger partial charge is 0.591 e. The van der Waals surface area contributed by atoms with Crippen molar-refractivity contribution in [2.45, 2.75) is 64.3 Å². The number of aryl methyl sites for hydroxylation is 2. The van der Waals surface area contributed by atoms with Crippen LogP contribution in [0, 0.1) is 18.6 Å². The molecule has 2 aromatic rings. The molecule has 0 fully saturated rings. The van der Waals surface area contributed by atoms with Crippen molar-refractivity contribution >= 4 is 17.6 Å². The topological polar surface area (TPSA) is 35.4 Å². The summed E-state index contributed by atoms with van der Waals surface area (Å²) in [6, 6.07) is 4.51. The fourth-order valence-corrected chi connectivity index (χ4v) is 3.91. The van der Waals surface area contributed by atoms with Gasteiger partial charge in [-0.25, -0.2) is 8.78 Å². The van der Waals surface area contributed by atoms with Gasteiger partial charge in [0.25, 0.3) is 0 Å². The SMILES string of the molecule is C=CCCCCc1cc(F)cc(C)c1-c1cc(C=N[S+]([O-])C(C)(C)C)c(F)c(C(F)(F)F)c1. The van der Waals surface area contributed by atoms with E-state index in [1.54, 1.807) is 33.8 Å². The van der Waals surface area contributed by atoms with E-state index in [1.165, 1.54) is 18.2 Å². The Kier molecular flexibility index (Phi) is 8.88. The van der Waals surface area contributed by atoms with Gasteiger partial charge in [-0.15, -0.1) is 6.58 Å². The first-order chi connectivity index (χ1) is 15.3. The van der Waals surface area contributed by atoms with Crippen molar-refractivity contribution in [3.63, 3.8) is 0 Å². The number of allylic oxidation sites excluding steroid dienone is 1. The minimum Gasteiger partial charge on any atom is -0.591 e. The number of benzene rings is 2. The zero-order chi connectivity index (χ0) is 25.0. The maximum absolute atomic E-state index is 14.8. The van der Waals surface area contributed by atoms with Crippen LogP contribution in [0.1, 0.15) is 62.3 Å². The molecule has 180 valence electrons. The van der Waals surface area contributed by atoms with Crippen LogP contribution in [0.15, 0.2) is 41.3 Å². The molecule has 0 saturated heterocycles. The normalized spacial score (nSPS) is 13.5. The lowest BCUT2D eigenvalue weighted by Gasteiger charge is -2.19. The number of halogens is 5. The lowest BCUT2D eigenvalue weighted by molar-refractivity contribution is -0.139. The van der Waals surface area contributed by atoms with E-state index in [1.807, 2.05) is 0 Å². The predicted octanol–water partition coefficient (Wildman–Crippen LogP) is 7.74. The molecule has 0 bridgehead atoms. The summed E-state index contributed by atoms with van der Waals surface area (Å²) in [5.74, 6) is -1.98. The number of alkyl halides is 3. The summed E-state index contributed by atoms with van der Waals surface area (Å²) in [6.07, 6.45) is 0.380. The fourth-order valence-electron chi connectivity index (χ4n) is 3.38. The molecule has 0 saturated carbocycles. The Bertz CT molecular complexity index is 1020. The van der Waals surface area contributed by atoms with Gasteiger partial charge in [-0.2, -0.15) is 13.2 Å². The van der Waals surface area contributed by atoms with Gasteiger partial charge in [0.1, 0.15) is 27.7 Å². The molecule has 2 rings (SSSR count). The summed E-state index contributed by atoms with van der Waals surface area (Å²) in [7, 11) is 0. The summed E-state index contributed by atoms with van der Waals surface area (Å²) in [4.78, 5) is 0. The molecule has 1 atom stereocenters. The van der Waals surface area contributed by atoms with Crippen LogP contribution < -0.4 is 0 Å². The first-order valence-corrected chi connectivity index (χ1v) is 11.6. The van der Waals surface area contributed by atoms with E-state index in [4.69, 9.17) is 0 Å². The van der Waals surface area contributed by atoms with E-state index < -0.39 is 45.0 Å². The Labute approximate surface area is 194 Å². The van der Waals surface area contributed by atoms with E-state index in [9.17, 15) is 26.5 Å². The average Bonchev–Trinajstić information content (AvgIpc) is 2.68. The monoisotopic (exact) mass is 485 g/mol. The van der Waals surface area contributed by atoms with Gasteiger partial charge < -0.3 is 4.55 Å². The van der Waals surface area contributed by atoms with Gasteiger partial charge in [0.15, 0.2) is 0 Å². The summed E-state index contributed by atoms with van der Waals surface area (Å²) >= 11 is -1.78. The van der Waals surface area contributed by atoms with Crippen molar-refractivity contribution in [1.82, 2.24) is 0 Å². The van der Waals surface area contributed by atoms with Crippen LogP contribution >= 0.6 is 0 Å². The Balaban J connectivity index is 2.67. The Morgan fingerprint density at radius 2 is 1.73 bits per heavy atom. The van der Waals surface area contributed by atoms with E-state index in [0.29, 0.717) is 29.5 Å². The highest BCUT2D eigenvalue weighted by Crippen LogP contribution is 2.38. The Hall–Kier alpha value is -2.19. The molecule has 0 heterocycles. The molecule has 1 unspecified atom stereocenters. The van der Waals surface area contributed by atoms with Crippen LogP contribution in [-0.2, 0) is 24.0 Å². The minimum absolute atomic E-state index is 0.0999. The molecule has 33 heavy (non-hydrogen) atoms. The number of hydrogen-bond acceptors (Lipinski definition) is 2. The van der Waals surface area contributed by atoms with E-state index in [0.717, 1.165) is 25.1 Å². The highest BCUT2D eigenvalue weighted by Gasteiger charge is 2.36. The summed E-state index contributed by atoms with van der Waals surface area (Å²) in [5.41, 5.74) is -0.384. The number of nitrogens with zero attached hydrogens (tertiary/aromatic N) is 1. The van der Waals surface area contributed by atoms with Crippen LogP contribution in [0.25, 0.3) is 11.1 Å². The molecule has 0 aliphatic rings. The molecular weight excluding hydrogens is 457 g/mol. The van der Waals surface area contributed by atoms with Crippen LogP contribution in [0.4, 0.5) is 22.0 Å². The second-order valence-electron chi connectivity index (χ2n) is 8.81. The zero-order valence-corrected chi connectivity index (χ0v) is 20.0. The lowest BCUT2D eigenvalue weighted by atomic mass is 9.89. The first kappa shape index (κ1) is 27.1. The van der Waals surface area contributed by atoms with Crippen LogP contribution in [0.3, 0.4) is 0 Å². The van der Waals surface area contributed by atoms with Crippen LogP contribution in [0.2, 0.25) is 0 Å². The van der Waals surface area contributed by atoms with Gasteiger partial charge in [-0.1, -0.05) is 10.5 Å². The van der Waals surface area contributed by atoms with Crippen molar-refractivity contribution in [2.24, 2.45) is 4.40 Å². The molecule has 2 nitrogen and oxygen atoms in total. The van der Waals surface area contributed by atoms with Gasteiger partial charge in [0.2, 0.25) is 0 Å². The second kappa shape index (κ2) is 10.8. The van der Waals surface area contributed by atoms with Crippen molar-refractivity contribution in [3.05, 3.63) is 70.8 Å². The van der Waals surface area contributed by atoms with E-state index in [-0.39, 0.29) is 5.56 Å². The summed E-state index contributed by atoms with van der Waals surface area (Å²) < 4.78 is 85.1. The fraction of sp³-hybridized carbons (Fsp3) is 0.400. The maximum atomic E-state index is 14.8. The minimum atomic E-state index is -4.95. The third-order valence-electron chi connectivity index (χ3n) is 4.99. The highest BCUT2D eigenvalue weighted by molar-refractivity contribution is 7.91. The molecule has 0 spiro atoms. The van der Waals surface area contributed by atoms with Gasteiger partial charge in [-0.05, 0) is 99.9 Å². The smallest absolute Gasteiger partial charge is 0.419 e. The standard InChI is InChI=1S/C25H28F5NOS/c1-6-7-8-9-10-17-13-20(26)11-16(2)22(17)18-12-19(15-31-33(32)24(3,4)5)23(27)21(14-18)25(28,29)30/h6,11-15H,1,7-10H2,2-5H3. The average molecular weight is 486 g/mol. The third-order valence-corrected chi connectivity index (χ3v) is 6.34. The molecule has 0 aliphatic heterocycles. The molecule has 0 aromatic heterocycles. The third kappa shape index (κ3) is 7.14. The number of rotatable bonds is 8. The maximum Gasteiger partial charge on any atom is 0.419 e. The van der Waals surface area contributed by atoms with Gasteiger partial charge >= 0.3 is 6.18 Å². The zero-order valence-electron chi connectivity index (χ0n) is 19.2. The van der Waals surface area contributed by atoms with Crippen molar-refractivity contribution in [1.29, 1.82) is 0 Å². The van der Waals surface area contributed by atoms with Gasteiger partial charge in [0.05, 0.1) is 11.8 Å². The van der Waals surface area contributed by atoms with E-state index >= 15 is 0 Å². The molecule has 0 N–H and O–H groups in total. The molecular formula is C25H28F5NOS. The van der Waals surface area contributed by atoms with Crippen LogP contribution in [-0.4, -0.2) is 15.5 Å². The van der Waals surface area contributed by atoms with Crippen molar-refractivity contribution in [3.8, 4) is 11.1 Å². The Morgan fingerprint density at radius 3 is 2.30 bits per heavy atom. The van der Waals surface area contributed by atoms with Crippen LogP contribution in [0.5, 0.6) is 0 Å². The van der Waals surface area contributed by atoms with Crippen molar-refractivity contribution < 1.29 is 26.5 Å². The summed E-state index contributed by atoms with van der Waals surface area (Å²) in [5, 5.41) is 0. The second-order valence-corrected chi connectivity index (χ2v) is 10.7. The molecule has 8 heteroatoms. The van der Waals surface area contributed by atoms with Crippen molar-refractivity contribution in [2.75, 3.05) is 0 Å². The van der Waals surface area contributed by atoms with Gasteiger partial charge in [-0.3, -0.25) is 0 Å². The number of unbranched alkanes of at least 4 members (excludes halogenated alkanes) is 2. The molecule has 2 aromatic carbocycles. The number of hydrogen-bond donors (Lipinski definition) is 0. The quantitative estimate of drug-likeness (QED) is 0.124.